The van der Waals surface area contributed by atoms with Crippen molar-refractivity contribution in [1.29, 1.82) is 0 Å². The Labute approximate surface area is 119 Å². The Morgan fingerprint density at radius 2 is 1.68 bits per heavy atom. The third kappa shape index (κ3) is 3.93. The monoisotopic (exact) mass is 267 g/mol. The van der Waals surface area contributed by atoms with Crippen LogP contribution in [0.3, 0.4) is 0 Å². The van der Waals surface area contributed by atoms with E-state index in [1.54, 1.807) is 0 Å². The van der Waals surface area contributed by atoms with Gasteiger partial charge in [0.05, 0.1) is 0 Å². The Kier molecular flexibility index (Phi) is 4.29. The summed E-state index contributed by atoms with van der Waals surface area (Å²) >= 11 is 0. The van der Waals surface area contributed by atoms with Crippen LogP contribution in [0.4, 0.5) is 0 Å². The Bertz CT molecular complexity index is 300. The molecule has 0 aliphatic carbocycles. The summed E-state index contributed by atoms with van der Waals surface area (Å²) in [4.78, 5) is 5.43. The summed E-state index contributed by atoms with van der Waals surface area (Å²) in [6.45, 7) is 18.8. The molecule has 3 heteroatoms. The van der Waals surface area contributed by atoms with Crippen LogP contribution in [0.25, 0.3) is 0 Å². The maximum Gasteiger partial charge on any atom is 0.0244 e. The first-order valence-corrected chi connectivity index (χ1v) is 7.93. The van der Waals surface area contributed by atoms with Gasteiger partial charge in [-0.25, -0.2) is 0 Å². The van der Waals surface area contributed by atoms with E-state index in [-0.39, 0.29) is 5.54 Å². The maximum absolute atomic E-state index is 3.59. The van der Waals surface area contributed by atoms with E-state index >= 15 is 0 Å². The molecule has 2 unspecified atom stereocenters. The molecule has 0 aromatic heterocycles. The van der Waals surface area contributed by atoms with Gasteiger partial charge in [0.25, 0.3) is 0 Å². The molecule has 112 valence electrons. The van der Waals surface area contributed by atoms with Gasteiger partial charge in [-0.05, 0) is 67.5 Å². The van der Waals surface area contributed by atoms with Crippen LogP contribution in [0.5, 0.6) is 0 Å². The third-order valence-corrected chi connectivity index (χ3v) is 4.49. The highest BCUT2D eigenvalue weighted by atomic mass is 15.4. The molecule has 2 saturated heterocycles. The molecule has 2 bridgehead atoms. The largest absolute Gasteiger partial charge is 0.312 e. The fraction of sp³-hybridized carbons (Fsp3) is 1.00. The topological polar surface area (TPSA) is 18.5 Å². The van der Waals surface area contributed by atoms with Crippen LogP contribution in [-0.2, 0) is 0 Å². The molecular weight excluding hydrogens is 234 g/mol. The number of hydrogen-bond donors (Lipinski definition) is 1. The van der Waals surface area contributed by atoms with Crippen LogP contribution in [0, 0.1) is 0 Å². The zero-order valence-corrected chi connectivity index (χ0v) is 13.8. The predicted molar refractivity (Wildman–Crippen MR) is 82.6 cm³/mol. The second-order valence-electron chi connectivity index (χ2n) is 8.39. The van der Waals surface area contributed by atoms with Crippen molar-refractivity contribution in [3.8, 4) is 0 Å². The number of nitrogens with one attached hydrogen (secondary N) is 1. The van der Waals surface area contributed by atoms with E-state index in [1.165, 1.54) is 32.5 Å². The summed E-state index contributed by atoms with van der Waals surface area (Å²) in [5.41, 5.74) is 0.604. The highest BCUT2D eigenvalue weighted by Crippen LogP contribution is 2.35. The van der Waals surface area contributed by atoms with E-state index in [0.717, 1.165) is 18.6 Å². The molecule has 2 aliphatic heterocycles. The van der Waals surface area contributed by atoms with E-state index in [4.69, 9.17) is 0 Å². The Hall–Kier alpha value is -0.120. The maximum atomic E-state index is 3.59. The van der Waals surface area contributed by atoms with E-state index in [1.807, 2.05) is 0 Å². The minimum Gasteiger partial charge on any atom is -0.312 e. The molecule has 19 heavy (non-hydrogen) atoms. The summed E-state index contributed by atoms with van der Waals surface area (Å²) in [5, 5.41) is 3.59. The highest BCUT2D eigenvalue weighted by molar-refractivity contribution is 5.03. The Morgan fingerprint density at radius 3 is 2.16 bits per heavy atom. The molecule has 2 heterocycles. The van der Waals surface area contributed by atoms with Gasteiger partial charge in [0.15, 0.2) is 0 Å². The summed E-state index contributed by atoms with van der Waals surface area (Å²) < 4.78 is 0. The van der Waals surface area contributed by atoms with Crippen molar-refractivity contribution in [2.75, 3.05) is 26.2 Å². The van der Waals surface area contributed by atoms with Crippen LogP contribution >= 0.6 is 0 Å². The number of likely N-dealkylation sites (tertiary alicyclic amines) is 2. The molecule has 3 nitrogen and oxygen atoms in total. The summed E-state index contributed by atoms with van der Waals surface area (Å²) in [6.07, 6.45) is 2.67. The first kappa shape index (κ1) is 15.3. The summed E-state index contributed by atoms with van der Waals surface area (Å²) in [7, 11) is 0. The number of piperazine rings is 1. The third-order valence-electron chi connectivity index (χ3n) is 4.49. The van der Waals surface area contributed by atoms with Gasteiger partial charge in [-0.15, -0.1) is 0 Å². The SMILES string of the molecule is CC(C)(C)NCCCN1CC2CC1CN2C(C)(C)C. The predicted octanol–water partition coefficient (Wildman–Crippen LogP) is 2.32. The van der Waals surface area contributed by atoms with Crippen molar-refractivity contribution >= 4 is 0 Å². The molecule has 1 N–H and O–H groups in total. The second kappa shape index (κ2) is 5.34. The van der Waals surface area contributed by atoms with Crippen LogP contribution in [0.15, 0.2) is 0 Å². The van der Waals surface area contributed by atoms with Crippen molar-refractivity contribution in [3.63, 3.8) is 0 Å². The zero-order valence-electron chi connectivity index (χ0n) is 13.8. The Balaban J connectivity index is 1.70. The van der Waals surface area contributed by atoms with E-state index in [9.17, 15) is 0 Å². The van der Waals surface area contributed by atoms with Crippen LogP contribution in [-0.4, -0.2) is 59.1 Å². The molecule has 2 fully saturated rings. The van der Waals surface area contributed by atoms with Crippen LogP contribution in [0.2, 0.25) is 0 Å². The minimum atomic E-state index is 0.257. The molecular formula is C16H33N3. The number of rotatable bonds is 4. The van der Waals surface area contributed by atoms with Crippen molar-refractivity contribution < 1.29 is 0 Å². The Morgan fingerprint density at radius 1 is 1.00 bits per heavy atom. The van der Waals surface area contributed by atoms with Gasteiger partial charge in [0.2, 0.25) is 0 Å². The minimum absolute atomic E-state index is 0.257. The molecule has 0 aromatic rings. The van der Waals surface area contributed by atoms with E-state index < -0.39 is 0 Å². The fourth-order valence-corrected chi connectivity index (χ4v) is 3.59. The van der Waals surface area contributed by atoms with Gasteiger partial charge in [-0.2, -0.15) is 0 Å². The second-order valence-corrected chi connectivity index (χ2v) is 8.39. The molecule has 0 spiro atoms. The number of nitrogens with zero attached hydrogens (tertiary/aromatic N) is 2. The fourth-order valence-electron chi connectivity index (χ4n) is 3.59. The highest BCUT2D eigenvalue weighted by Gasteiger charge is 2.46. The average Bonchev–Trinajstić information content (AvgIpc) is 2.80. The average molecular weight is 267 g/mol. The smallest absolute Gasteiger partial charge is 0.0244 e. The molecule has 2 atom stereocenters. The lowest BCUT2D eigenvalue weighted by Gasteiger charge is -2.42. The molecule has 2 rings (SSSR count). The van der Waals surface area contributed by atoms with Crippen LogP contribution in [0.1, 0.15) is 54.4 Å². The van der Waals surface area contributed by atoms with E-state index in [0.29, 0.717) is 5.54 Å². The lowest BCUT2D eigenvalue weighted by Crippen LogP contribution is -2.53. The molecule has 0 aromatic carbocycles. The number of hydrogen-bond acceptors (Lipinski definition) is 3. The van der Waals surface area contributed by atoms with Gasteiger partial charge in [-0.3, -0.25) is 9.80 Å². The zero-order chi connectivity index (χ0) is 14.3. The van der Waals surface area contributed by atoms with Gasteiger partial charge in [-0.1, -0.05) is 0 Å². The molecule has 0 saturated carbocycles. The van der Waals surface area contributed by atoms with E-state index in [2.05, 4.69) is 56.7 Å². The van der Waals surface area contributed by atoms with Crippen molar-refractivity contribution in [2.24, 2.45) is 0 Å². The standard InChI is InChI=1S/C16H33N3/c1-15(2,3)17-8-7-9-18-11-14-10-13(18)12-19(14)16(4,5)6/h13-14,17H,7-12H2,1-6H3. The van der Waals surface area contributed by atoms with Crippen LogP contribution < -0.4 is 5.32 Å². The first-order chi connectivity index (χ1) is 8.67. The first-order valence-electron chi connectivity index (χ1n) is 7.93. The van der Waals surface area contributed by atoms with Gasteiger partial charge in [0.1, 0.15) is 0 Å². The normalized spacial score (nSPS) is 29.4. The lowest BCUT2D eigenvalue weighted by atomic mass is 10.0. The van der Waals surface area contributed by atoms with Gasteiger partial charge >= 0.3 is 0 Å². The van der Waals surface area contributed by atoms with Crippen molar-refractivity contribution in [1.82, 2.24) is 15.1 Å². The molecule has 0 amide bonds. The summed E-state index contributed by atoms with van der Waals surface area (Å²) in [5.74, 6) is 0. The van der Waals surface area contributed by atoms with Crippen molar-refractivity contribution in [3.05, 3.63) is 0 Å². The van der Waals surface area contributed by atoms with Gasteiger partial charge < -0.3 is 5.32 Å². The van der Waals surface area contributed by atoms with Gasteiger partial charge in [0, 0.05) is 36.3 Å². The number of fused-ring (bicyclic) bond motifs is 2. The lowest BCUT2D eigenvalue weighted by molar-refractivity contribution is 0.0570. The summed E-state index contributed by atoms with van der Waals surface area (Å²) in [6, 6.07) is 1.62. The quantitative estimate of drug-likeness (QED) is 0.789. The van der Waals surface area contributed by atoms with Crippen molar-refractivity contribution in [2.45, 2.75) is 77.5 Å². The molecule has 2 aliphatic rings. The molecule has 0 radical (unpaired) electrons.